The Bertz CT molecular complexity index is 1230. The Morgan fingerprint density at radius 2 is 1.79 bits per heavy atom. The summed E-state index contributed by atoms with van der Waals surface area (Å²) in [5, 5.41) is 1.23. The van der Waals surface area contributed by atoms with Gasteiger partial charge in [-0.05, 0) is 60.9 Å². The van der Waals surface area contributed by atoms with E-state index in [4.69, 9.17) is 42.1 Å². The molecule has 2 aliphatic heterocycles. The average molecular weight is 621 g/mol. The monoisotopic (exact) mass is 619 g/mol. The van der Waals surface area contributed by atoms with Crippen LogP contribution in [0.5, 0.6) is 5.75 Å². The Morgan fingerprint density at radius 1 is 1.00 bits per heavy atom. The van der Waals surface area contributed by atoms with Crippen molar-refractivity contribution < 1.29 is 23.7 Å². The summed E-state index contributed by atoms with van der Waals surface area (Å²) >= 11 is 12.6. The van der Waals surface area contributed by atoms with Crippen molar-refractivity contribution in [3.8, 4) is 5.75 Å². The first kappa shape index (κ1) is 32.2. The maximum Gasteiger partial charge on any atom is 0.511 e. The Hall–Kier alpha value is -2.68. The first-order valence-corrected chi connectivity index (χ1v) is 15.5. The van der Waals surface area contributed by atoms with E-state index in [2.05, 4.69) is 41.6 Å². The molecule has 8 nitrogen and oxygen atoms in total. The van der Waals surface area contributed by atoms with Crippen LogP contribution in [0.2, 0.25) is 10.0 Å². The lowest BCUT2D eigenvalue weighted by molar-refractivity contribution is -0.0123. The molecule has 2 aromatic rings. The summed E-state index contributed by atoms with van der Waals surface area (Å²) in [7, 11) is 0. The van der Waals surface area contributed by atoms with Gasteiger partial charge in [-0.1, -0.05) is 63.0 Å². The molecule has 0 N–H and O–H groups in total. The van der Waals surface area contributed by atoms with E-state index < -0.39 is 6.16 Å². The van der Waals surface area contributed by atoms with Crippen molar-refractivity contribution in [1.29, 1.82) is 0 Å². The molecule has 1 fully saturated rings. The zero-order valence-corrected chi connectivity index (χ0v) is 26.7. The van der Waals surface area contributed by atoms with Crippen LogP contribution >= 0.6 is 23.2 Å². The number of piperazine rings is 1. The summed E-state index contributed by atoms with van der Waals surface area (Å²) in [6, 6.07) is 11.8. The quantitative estimate of drug-likeness (QED) is 0.144. The lowest BCUT2D eigenvalue weighted by atomic mass is 9.83. The summed E-state index contributed by atoms with van der Waals surface area (Å²) in [4.78, 5) is 21.3. The number of carbonyl (C=O) groups excluding carboxylic acids is 1. The first-order chi connectivity index (χ1) is 20.1. The second-order valence-corrected chi connectivity index (χ2v) is 12.8. The fourth-order valence-corrected chi connectivity index (χ4v) is 5.11. The number of hydrogen-bond acceptors (Lipinski definition) is 8. The third-order valence-electron chi connectivity index (χ3n) is 8.02. The average Bonchev–Trinajstić information content (AvgIpc) is 2.97. The third-order valence-corrected chi connectivity index (χ3v) is 8.83. The number of nitrogens with zero attached hydrogens (tertiary/aromatic N) is 3. The van der Waals surface area contributed by atoms with Gasteiger partial charge in [-0.25, -0.2) is 9.79 Å². The number of unbranched alkanes of at least 4 members (excludes halogenated alkanes) is 1. The highest BCUT2D eigenvalue weighted by atomic mass is 35.5. The van der Waals surface area contributed by atoms with Crippen molar-refractivity contribution in [2.24, 2.45) is 16.3 Å². The molecule has 0 spiro atoms. The van der Waals surface area contributed by atoms with Crippen LogP contribution in [0.1, 0.15) is 52.5 Å². The molecule has 1 unspecified atom stereocenters. The van der Waals surface area contributed by atoms with Crippen LogP contribution in [-0.4, -0.2) is 69.7 Å². The molecule has 0 amide bonds. The summed E-state index contributed by atoms with van der Waals surface area (Å²) in [6.07, 6.45) is 2.75. The third kappa shape index (κ3) is 9.41. The van der Waals surface area contributed by atoms with Crippen LogP contribution in [0.4, 0.5) is 16.2 Å². The maximum atomic E-state index is 11.9. The van der Waals surface area contributed by atoms with Gasteiger partial charge in [0.05, 0.1) is 34.6 Å². The summed E-state index contributed by atoms with van der Waals surface area (Å²) in [6.45, 7) is 14.0. The van der Waals surface area contributed by atoms with Crippen molar-refractivity contribution in [3.05, 3.63) is 52.0 Å². The van der Waals surface area contributed by atoms with Crippen LogP contribution in [0.15, 0.2) is 41.4 Å². The molecule has 230 valence electrons. The second-order valence-electron chi connectivity index (χ2n) is 12.0. The maximum absolute atomic E-state index is 11.9. The Balaban J connectivity index is 1.13. The zero-order chi connectivity index (χ0) is 30.1. The number of fused-ring (bicyclic) bond motifs is 1. The SMILES string of the molecule is CC(COC(=O)OCOC1=Nc2cc(OCCCCN3CCN(c4cccc(Cl)c4Cl)CC3)ccc2CC1)C(C)(C)C. The van der Waals surface area contributed by atoms with E-state index in [-0.39, 0.29) is 18.1 Å². The topological polar surface area (TPSA) is 72.8 Å². The number of hydrogen-bond donors (Lipinski definition) is 0. The van der Waals surface area contributed by atoms with Gasteiger partial charge in [0, 0.05) is 38.7 Å². The molecule has 2 aromatic carbocycles. The van der Waals surface area contributed by atoms with Gasteiger partial charge in [0.15, 0.2) is 5.90 Å². The molecular formula is C32H43Cl2N3O5. The first-order valence-electron chi connectivity index (χ1n) is 14.8. The standard InChI is InChI=1S/C32H43Cl2N3O5/c1-23(32(2,3)4)21-40-31(38)42-22-41-29-13-11-24-10-12-25(20-27(24)35-29)39-19-6-5-14-36-15-17-37(18-16-36)28-9-7-8-26(33)30(28)34/h7-10,12,20,23H,5-6,11,13-19,21-22H2,1-4H3. The van der Waals surface area contributed by atoms with E-state index in [1.165, 1.54) is 0 Å². The van der Waals surface area contributed by atoms with Crippen molar-refractivity contribution in [2.75, 3.05) is 57.6 Å². The minimum atomic E-state index is -0.733. The van der Waals surface area contributed by atoms with E-state index in [1.54, 1.807) is 0 Å². The number of aliphatic imine (C=N–C) groups is 1. The summed E-state index contributed by atoms with van der Waals surface area (Å²) in [5.41, 5.74) is 3.03. The van der Waals surface area contributed by atoms with Crippen molar-refractivity contribution >= 4 is 46.6 Å². The van der Waals surface area contributed by atoms with Crippen molar-refractivity contribution in [3.63, 3.8) is 0 Å². The zero-order valence-electron chi connectivity index (χ0n) is 25.2. The van der Waals surface area contributed by atoms with E-state index in [0.717, 1.165) is 74.7 Å². The highest BCUT2D eigenvalue weighted by Crippen LogP contribution is 2.33. The molecule has 0 bridgehead atoms. The molecule has 10 heteroatoms. The van der Waals surface area contributed by atoms with E-state index >= 15 is 0 Å². The minimum absolute atomic E-state index is 0.0505. The van der Waals surface area contributed by atoms with Crippen molar-refractivity contribution in [1.82, 2.24) is 4.90 Å². The number of halogens is 2. The van der Waals surface area contributed by atoms with E-state index in [1.807, 2.05) is 37.3 Å². The fourth-order valence-electron chi connectivity index (χ4n) is 4.69. The van der Waals surface area contributed by atoms with Gasteiger partial charge in [-0.15, -0.1) is 0 Å². The largest absolute Gasteiger partial charge is 0.511 e. The molecule has 1 atom stereocenters. The fraction of sp³-hybridized carbons (Fsp3) is 0.562. The Labute approximate surface area is 259 Å². The van der Waals surface area contributed by atoms with Crippen LogP contribution in [-0.2, 0) is 20.6 Å². The minimum Gasteiger partial charge on any atom is -0.494 e. The molecule has 0 aromatic heterocycles. The number of aryl methyl sites for hydroxylation is 1. The molecule has 2 aliphatic rings. The molecule has 2 heterocycles. The van der Waals surface area contributed by atoms with Crippen LogP contribution < -0.4 is 9.64 Å². The predicted octanol–water partition coefficient (Wildman–Crippen LogP) is 7.76. The van der Waals surface area contributed by atoms with E-state index in [9.17, 15) is 4.79 Å². The van der Waals surface area contributed by atoms with Crippen LogP contribution in [0.3, 0.4) is 0 Å². The van der Waals surface area contributed by atoms with Gasteiger partial charge in [0.25, 0.3) is 0 Å². The Kier molecular flexibility index (Phi) is 11.6. The predicted molar refractivity (Wildman–Crippen MR) is 169 cm³/mol. The molecule has 42 heavy (non-hydrogen) atoms. The molecule has 1 saturated heterocycles. The summed E-state index contributed by atoms with van der Waals surface area (Å²) < 4.78 is 21.9. The van der Waals surface area contributed by atoms with Gasteiger partial charge < -0.3 is 23.8 Å². The number of anilines is 1. The molecule has 4 rings (SSSR count). The van der Waals surface area contributed by atoms with Gasteiger partial charge in [0.2, 0.25) is 6.79 Å². The number of benzene rings is 2. The van der Waals surface area contributed by atoms with Gasteiger partial charge in [0.1, 0.15) is 5.75 Å². The molecule has 0 radical (unpaired) electrons. The van der Waals surface area contributed by atoms with Crippen LogP contribution in [0.25, 0.3) is 0 Å². The second kappa shape index (κ2) is 15.2. The summed E-state index contributed by atoms with van der Waals surface area (Å²) in [5.74, 6) is 1.54. The number of carbonyl (C=O) groups is 1. The highest BCUT2D eigenvalue weighted by Gasteiger charge is 2.22. The van der Waals surface area contributed by atoms with Gasteiger partial charge in [-0.3, -0.25) is 4.90 Å². The number of ether oxygens (including phenoxy) is 4. The van der Waals surface area contributed by atoms with E-state index in [0.29, 0.717) is 35.6 Å². The smallest absolute Gasteiger partial charge is 0.494 e. The molecular weight excluding hydrogens is 577 g/mol. The van der Waals surface area contributed by atoms with Crippen LogP contribution in [0, 0.1) is 11.3 Å². The van der Waals surface area contributed by atoms with Gasteiger partial charge >= 0.3 is 6.16 Å². The normalized spacial score (nSPS) is 16.3. The molecule has 0 saturated carbocycles. The number of rotatable bonds is 11. The molecule has 0 aliphatic carbocycles. The van der Waals surface area contributed by atoms with Crippen molar-refractivity contribution in [2.45, 2.75) is 53.4 Å². The highest BCUT2D eigenvalue weighted by molar-refractivity contribution is 6.43. The lowest BCUT2D eigenvalue weighted by Gasteiger charge is -2.36. The lowest BCUT2D eigenvalue weighted by Crippen LogP contribution is -2.46. The Morgan fingerprint density at radius 3 is 2.55 bits per heavy atom. The van der Waals surface area contributed by atoms with Gasteiger partial charge in [-0.2, -0.15) is 0 Å².